The van der Waals surface area contributed by atoms with Crippen molar-refractivity contribution < 1.29 is 4.79 Å². The number of likely N-dealkylation sites (N-methyl/N-ethyl adjacent to an activating group) is 1. The number of benzene rings is 1. The summed E-state index contributed by atoms with van der Waals surface area (Å²) in [6, 6.07) is 5.26. The summed E-state index contributed by atoms with van der Waals surface area (Å²) >= 11 is 0. The summed E-state index contributed by atoms with van der Waals surface area (Å²) in [6.45, 7) is 6.83. The molecule has 1 saturated heterocycles. The topological polar surface area (TPSA) is 70.5 Å². The molecule has 0 saturated carbocycles. The number of fused-ring (bicyclic) bond motifs is 2. The molecule has 0 aliphatic carbocycles. The van der Waals surface area contributed by atoms with Crippen LogP contribution < -0.4 is 10.9 Å². The summed E-state index contributed by atoms with van der Waals surface area (Å²) in [7, 11) is 2.15. The van der Waals surface area contributed by atoms with E-state index in [9.17, 15) is 9.59 Å². The molecule has 2 aromatic rings. The van der Waals surface area contributed by atoms with Crippen molar-refractivity contribution in [1.82, 2.24) is 24.7 Å². The summed E-state index contributed by atoms with van der Waals surface area (Å²) in [5.41, 5.74) is 1.22. The van der Waals surface area contributed by atoms with Gasteiger partial charge in [-0.1, -0.05) is 6.42 Å². The molecule has 0 unspecified atom stereocenters. The van der Waals surface area contributed by atoms with Gasteiger partial charge in [-0.25, -0.2) is 4.98 Å². The zero-order valence-corrected chi connectivity index (χ0v) is 17.3. The number of hydrogen-bond acceptors (Lipinski definition) is 5. The molecule has 1 aromatic heterocycles. The fourth-order valence-electron chi connectivity index (χ4n) is 4.24. The number of rotatable bonds is 5. The van der Waals surface area contributed by atoms with Gasteiger partial charge in [0.2, 0.25) is 0 Å². The highest BCUT2D eigenvalue weighted by Gasteiger charge is 2.16. The van der Waals surface area contributed by atoms with Crippen molar-refractivity contribution in [1.29, 1.82) is 0 Å². The first-order valence-electron chi connectivity index (χ1n) is 10.8. The van der Waals surface area contributed by atoms with Crippen molar-refractivity contribution >= 4 is 16.8 Å². The monoisotopic (exact) mass is 397 g/mol. The second-order valence-electron chi connectivity index (χ2n) is 8.28. The predicted molar refractivity (Wildman–Crippen MR) is 114 cm³/mol. The van der Waals surface area contributed by atoms with Crippen molar-refractivity contribution in [3.8, 4) is 0 Å². The molecule has 3 heterocycles. The molecule has 7 heteroatoms. The van der Waals surface area contributed by atoms with Gasteiger partial charge in [0.25, 0.3) is 11.5 Å². The average molecular weight is 398 g/mol. The first-order chi connectivity index (χ1) is 14.1. The van der Waals surface area contributed by atoms with Gasteiger partial charge < -0.3 is 15.1 Å². The Kier molecular flexibility index (Phi) is 6.25. The summed E-state index contributed by atoms with van der Waals surface area (Å²) < 4.78 is 1.81. The molecule has 29 heavy (non-hydrogen) atoms. The minimum absolute atomic E-state index is 0.0195. The molecule has 2 aliphatic heterocycles. The highest BCUT2D eigenvalue weighted by atomic mass is 16.1. The third kappa shape index (κ3) is 4.67. The van der Waals surface area contributed by atoms with Crippen LogP contribution in [-0.4, -0.2) is 71.6 Å². The molecule has 4 rings (SSSR count). The van der Waals surface area contributed by atoms with Gasteiger partial charge in [-0.05, 0) is 51.1 Å². The first-order valence-corrected chi connectivity index (χ1v) is 10.8. The van der Waals surface area contributed by atoms with Crippen LogP contribution in [0.4, 0.5) is 0 Å². The van der Waals surface area contributed by atoms with E-state index in [4.69, 9.17) is 4.98 Å². The van der Waals surface area contributed by atoms with Crippen LogP contribution in [0.25, 0.3) is 10.9 Å². The van der Waals surface area contributed by atoms with Crippen molar-refractivity contribution in [3.05, 3.63) is 39.9 Å². The molecular formula is C22H31N5O2. The molecule has 7 nitrogen and oxygen atoms in total. The molecule has 0 radical (unpaired) electrons. The zero-order chi connectivity index (χ0) is 20.2. The smallest absolute Gasteiger partial charge is 0.261 e. The third-order valence-electron chi connectivity index (χ3n) is 6.11. The third-order valence-corrected chi connectivity index (χ3v) is 6.11. The van der Waals surface area contributed by atoms with Crippen molar-refractivity contribution in [2.75, 3.05) is 46.3 Å². The number of carbonyl (C=O) groups is 1. The number of piperazine rings is 1. The highest BCUT2D eigenvalue weighted by Crippen LogP contribution is 2.16. The highest BCUT2D eigenvalue weighted by molar-refractivity contribution is 5.97. The Balaban J connectivity index is 1.38. The number of aryl methyl sites for hydroxylation is 1. The molecule has 1 amide bonds. The van der Waals surface area contributed by atoms with Crippen LogP contribution in [0.5, 0.6) is 0 Å². The SMILES string of the molecule is CN1CCN(CCCNC(=O)c2ccc3c(=O)n4c(nc3c2)CCCCC4)CC1. The van der Waals surface area contributed by atoms with Crippen LogP contribution in [0.1, 0.15) is 41.9 Å². The maximum atomic E-state index is 12.8. The van der Waals surface area contributed by atoms with E-state index < -0.39 is 0 Å². The Morgan fingerprint density at radius 2 is 1.93 bits per heavy atom. The van der Waals surface area contributed by atoms with E-state index in [1.54, 1.807) is 18.2 Å². The lowest BCUT2D eigenvalue weighted by atomic mass is 10.1. The van der Waals surface area contributed by atoms with Gasteiger partial charge >= 0.3 is 0 Å². The molecular weight excluding hydrogens is 366 g/mol. The summed E-state index contributed by atoms with van der Waals surface area (Å²) in [5.74, 6) is 0.756. The standard InChI is InChI=1S/C22H31N5O2/c1-25-12-14-26(15-13-25)10-5-9-23-21(28)17-7-8-18-19(16-17)24-20-6-3-2-4-11-27(20)22(18)29/h7-8,16H,2-6,9-15H2,1H3,(H,23,28). The van der Waals surface area contributed by atoms with Gasteiger partial charge in [0.05, 0.1) is 10.9 Å². The van der Waals surface area contributed by atoms with Crippen molar-refractivity contribution in [2.24, 2.45) is 0 Å². The Labute approximate surface area is 171 Å². The first kappa shape index (κ1) is 20.0. The van der Waals surface area contributed by atoms with E-state index in [0.29, 0.717) is 23.0 Å². The Morgan fingerprint density at radius 3 is 2.76 bits per heavy atom. The lowest BCUT2D eigenvalue weighted by Crippen LogP contribution is -2.45. The summed E-state index contributed by atoms with van der Waals surface area (Å²) in [6.07, 6.45) is 4.98. The lowest BCUT2D eigenvalue weighted by molar-refractivity contribution is 0.0949. The minimum Gasteiger partial charge on any atom is -0.352 e. The normalized spacial score (nSPS) is 18.4. The van der Waals surface area contributed by atoms with Gasteiger partial charge in [-0.15, -0.1) is 0 Å². The molecule has 1 fully saturated rings. The quantitative estimate of drug-likeness (QED) is 0.774. The van der Waals surface area contributed by atoms with Crippen LogP contribution in [0.15, 0.2) is 23.0 Å². The molecule has 2 aliphatic rings. The molecule has 0 spiro atoms. The Bertz CT molecular complexity index is 931. The average Bonchev–Trinajstić information content (AvgIpc) is 2.98. The van der Waals surface area contributed by atoms with Gasteiger partial charge in [0.1, 0.15) is 5.82 Å². The minimum atomic E-state index is -0.0953. The Morgan fingerprint density at radius 1 is 1.10 bits per heavy atom. The molecule has 0 bridgehead atoms. The second kappa shape index (κ2) is 9.05. The van der Waals surface area contributed by atoms with Gasteiger partial charge in [0, 0.05) is 51.3 Å². The number of aromatic nitrogens is 2. The van der Waals surface area contributed by atoms with Crippen LogP contribution in [0.2, 0.25) is 0 Å². The van der Waals surface area contributed by atoms with Crippen LogP contribution in [0.3, 0.4) is 0 Å². The molecule has 1 aromatic carbocycles. The number of nitrogens with one attached hydrogen (secondary N) is 1. The van der Waals surface area contributed by atoms with E-state index in [1.807, 2.05) is 4.57 Å². The maximum absolute atomic E-state index is 12.8. The number of nitrogens with zero attached hydrogens (tertiary/aromatic N) is 4. The van der Waals surface area contributed by atoms with Gasteiger partial charge in [-0.2, -0.15) is 0 Å². The van der Waals surface area contributed by atoms with Crippen molar-refractivity contribution in [2.45, 2.75) is 38.6 Å². The lowest BCUT2D eigenvalue weighted by Gasteiger charge is -2.32. The predicted octanol–water partition coefficient (Wildman–Crippen LogP) is 1.49. The summed E-state index contributed by atoms with van der Waals surface area (Å²) in [5, 5.41) is 3.61. The fraction of sp³-hybridized carbons (Fsp3) is 0.591. The fourth-order valence-corrected chi connectivity index (χ4v) is 4.24. The number of hydrogen-bond donors (Lipinski definition) is 1. The molecule has 156 valence electrons. The second-order valence-corrected chi connectivity index (χ2v) is 8.28. The molecule has 1 N–H and O–H groups in total. The van der Waals surface area contributed by atoms with Gasteiger partial charge in [-0.3, -0.25) is 14.2 Å². The zero-order valence-electron chi connectivity index (χ0n) is 17.3. The van der Waals surface area contributed by atoms with E-state index in [-0.39, 0.29) is 11.5 Å². The van der Waals surface area contributed by atoms with E-state index in [1.165, 1.54) is 0 Å². The largest absolute Gasteiger partial charge is 0.352 e. The van der Waals surface area contributed by atoms with Crippen LogP contribution in [-0.2, 0) is 13.0 Å². The maximum Gasteiger partial charge on any atom is 0.261 e. The van der Waals surface area contributed by atoms with Crippen LogP contribution in [0, 0.1) is 0 Å². The van der Waals surface area contributed by atoms with E-state index in [0.717, 1.165) is 77.2 Å². The number of carbonyl (C=O) groups excluding carboxylic acids is 1. The van der Waals surface area contributed by atoms with Gasteiger partial charge in [0.15, 0.2) is 0 Å². The Hall–Kier alpha value is -2.25. The van der Waals surface area contributed by atoms with Crippen molar-refractivity contribution in [3.63, 3.8) is 0 Å². The van der Waals surface area contributed by atoms with E-state index >= 15 is 0 Å². The van der Waals surface area contributed by atoms with Crippen LogP contribution >= 0.6 is 0 Å². The van der Waals surface area contributed by atoms with E-state index in [2.05, 4.69) is 22.2 Å². The molecule has 0 atom stereocenters. The number of amides is 1. The summed E-state index contributed by atoms with van der Waals surface area (Å²) in [4.78, 5) is 34.9.